The lowest BCUT2D eigenvalue weighted by Gasteiger charge is -2.08. The molecule has 6 nitrogen and oxygen atoms in total. The number of hydrogen-bond acceptors (Lipinski definition) is 5. The van der Waals surface area contributed by atoms with Crippen LogP contribution in [0.3, 0.4) is 0 Å². The number of amides is 1. The van der Waals surface area contributed by atoms with Crippen LogP contribution in [0.5, 0.6) is 5.75 Å². The number of carbonyl (C=O) groups excluding carboxylic acids is 1. The first-order chi connectivity index (χ1) is 11.5. The van der Waals surface area contributed by atoms with Crippen molar-refractivity contribution in [2.75, 3.05) is 0 Å². The number of halogens is 1. The summed E-state index contributed by atoms with van der Waals surface area (Å²) < 4.78 is 12.9. The van der Waals surface area contributed by atoms with Gasteiger partial charge in [0.15, 0.2) is 11.4 Å². The van der Waals surface area contributed by atoms with Crippen molar-refractivity contribution < 1.29 is 14.3 Å². The van der Waals surface area contributed by atoms with E-state index in [-0.39, 0.29) is 18.1 Å². The Hall–Kier alpha value is -3.00. The van der Waals surface area contributed by atoms with Crippen molar-refractivity contribution in [3.05, 3.63) is 69.2 Å². The Morgan fingerprint density at radius 3 is 2.75 bits per heavy atom. The van der Waals surface area contributed by atoms with Crippen molar-refractivity contribution in [1.82, 2.24) is 15.3 Å². The van der Waals surface area contributed by atoms with E-state index >= 15 is 0 Å². The van der Waals surface area contributed by atoms with Gasteiger partial charge in [-0.1, -0.05) is 12.1 Å². The van der Waals surface area contributed by atoms with Crippen LogP contribution in [0, 0.1) is 5.82 Å². The number of H-pyrrole nitrogens is 1. The lowest BCUT2D eigenvalue weighted by molar-refractivity contribution is 0.0943. The third-order valence-electron chi connectivity index (χ3n) is 3.26. The standard InChI is InChI=1S/C16H12FN3O3S/c17-10-3-1-9(2-4-10)8-19-15(23)13-14(22)12(21)7-11(20-13)16-18-5-6-24-16/h1-7,22H,8H2,(H,19,23)(H,20,21). The molecule has 0 saturated carbocycles. The molecule has 2 heterocycles. The van der Waals surface area contributed by atoms with Crippen LogP contribution in [0.2, 0.25) is 0 Å². The van der Waals surface area contributed by atoms with Gasteiger partial charge in [0.1, 0.15) is 10.8 Å². The largest absolute Gasteiger partial charge is 0.503 e. The smallest absolute Gasteiger partial charge is 0.271 e. The SMILES string of the molecule is O=C(NCc1ccc(F)cc1)c1[nH]c(-c2nccs2)cc(=O)c1O. The van der Waals surface area contributed by atoms with Crippen molar-refractivity contribution in [1.29, 1.82) is 0 Å². The fraction of sp³-hybridized carbons (Fsp3) is 0.0625. The molecular formula is C16H12FN3O3S. The molecule has 3 N–H and O–H groups in total. The summed E-state index contributed by atoms with van der Waals surface area (Å²) in [5.41, 5.74) is 0.114. The van der Waals surface area contributed by atoms with Crippen molar-refractivity contribution >= 4 is 17.2 Å². The molecule has 2 aromatic heterocycles. The number of rotatable bonds is 4. The van der Waals surface area contributed by atoms with E-state index in [4.69, 9.17) is 0 Å². The van der Waals surface area contributed by atoms with Gasteiger partial charge in [-0.15, -0.1) is 11.3 Å². The summed E-state index contributed by atoms with van der Waals surface area (Å²) in [7, 11) is 0. The van der Waals surface area contributed by atoms with Gasteiger partial charge in [-0.3, -0.25) is 9.59 Å². The van der Waals surface area contributed by atoms with Crippen LogP contribution >= 0.6 is 11.3 Å². The van der Waals surface area contributed by atoms with Gasteiger partial charge in [-0.2, -0.15) is 0 Å². The first-order valence-electron chi connectivity index (χ1n) is 6.93. The van der Waals surface area contributed by atoms with Gasteiger partial charge in [0.25, 0.3) is 5.91 Å². The summed E-state index contributed by atoms with van der Waals surface area (Å²) in [4.78, 5) is 30.9. The first kappa shape index (κ1) is 15.9. The second-order valence-electron chi connectivity index (χ2n) is 4.92. The van der Waals surface area contributed by atoms with Crippen LogP contribution < -0.4 is 10.7 Å². The molecule has 0 radical (unpaired) electrons. The van der Waals surface area contributed by atoms with Crippen LogP contribution in [0.4, 0.5) is 4.39 Å². The highest BCUT2D eigenvalue weighted by atomic mass is 32.1. The summed E-state index contributed by atoms with van der Waals surface area (Å²) in [5.74, 6) is -1.68. The Labute approximate surface area is 139 Å². The van der Waals surface area contributed by atoms with Gasteiger partial charge in [-0.05, 0) is 17.7 Å². The summed E-state index contributed by atoms with van der Waals surface area (Å²) >= 11 is 1.29. The van der Waals surface area contributed by atoms with Gasteiger partial charge in [0.05, 0.1) is 5.69 Å². The number of hydrogen-bond donors (Lipinski definition) is 3. The van der Waals surface area contributed by atoms with Crippen molar-refractivity contribution in [3.63, 3.8) is 0 Å². The van der Waals surface area contributed by atoms with E-state index in [2.05, 4.69) is 15.3 Å². The Bertz CT molecular complexity index is 921. The number of benzene rings is 1. The minimum absolute atomic E-state index is 0.127. The van der Waals surface area contributed by atoms with E-state index in [0.29, 0.717) is 16.3 Å². The van der Waals surface area contributed by atoms with Gasteiger partial charge < -0.3 is 15.4 Å². The Balaban J connectivity index is 1.83. The van der Waals surface area contributed by atoms with Crippen molar-refractivity contribution in [3.8, 4) is 16.5 Å². The average Bonchev–Trinajstić information content (AvgIpc) is 3.11. The summed E-state index contributed by atoms with van der Waals surface area (Å²) in [6.07, 6.45) is 1.57. The molecule has 24 heavy (non-hydrogen) atoms. The average molecular weight is 345 g/mol. The van der Waals surface area contributed by atoms with Crippen molar-refractivity contribution in [2.45, 2.75) is 6.54 Å². The number of nitrogens with zero attached hydrogens (tertiary/aromatic N) is 1. The number of thiazole rings is 1. The molecule has 0 aliphatic heterocycles. The minimum Gasteiger partial charge on any atom is -0.503 e. The summed E-state index contributed by atoms with van der Waals surface area (Å²) in [5, 5.41) is 14.7. The molecule has 1 amide bonds. The quantitative estimate of drug-likeness (QED) is 0.676. The highest BCUT2D eigenvalue weighted by molar-refractivity contribution is 7.13. The van der Waals surface area contributed by atoms with E-state index in [1.165, 1.54) is 41.7 Å². The minimum atomic E-state index is -0.675. The maximum atomic E-state index is 12.9. The topological polar surface area (TPSA) is 95.1 Å². The molecule has 0 aliphatic carbocycles. The molecule has 0 bridgehead atoms. The van der Waals surface area contributed by atoms with E-state index in [0.717, 1.165) is 0 Å². The van der Waals surface area contributed by atoms with E-state index in [1.54, 1.807) is 11.6 Å². The van der Waals surface area contributed by atoms with E-state index < -0.39 is 17.1 Å². The molecule has 3 aromatic rings. The molecule has 1 aromatic carbocycles. The van der Waals surface area contributed by atoms with E-state index in [1.807, 2.05) is 0 Å². The molecule has 0 fully saturated rings. The van der Waals surface area contributed by atoms with Crippen LogP contribution in [0.25, 0.3) is 10.7 Å². The molecule has 0 saturated heterocycles. The van der Waals surface area contributed by atoms with Crippen LogP contribution in [-0.2, 0) is 6.54 Å². The van der Waals surface area contributed by atoms with Crippen LogP contribution in [0.15, 0.2) is 46.7 Å². The fourth-order valence-electron chi connectivity index (χ4n) is 2.06. The summed E-state index contributed by atoms with van der Waals surface area (Å²) in [6.45, 7) is 0.127. The van der Waals surface area contributed by atoms with E-state index in [9.17, 15) is 19.1 Å². The number of aromatic hydroxyl groups is 1. The van der Waals surface area contributed by atoms with Crippen LogP contribution in [-0.4, -0.2) is 21.0 Å². The molecule has 0 aliphatic rings. The number of pyridine rings is 1. The van der Waals surface area contributed by atoms with Gasteiger partial charge in [0, 0.05) is 24.2 Å². The second kappa shape index (κ2) is 6.63. The second-order valence-corrected chi connectivity index (χ2v) is 5.81. The van der Waals surface area contributed by atoms with Gasteiger partial charge in [-0.25, -0.2) is 9.37 Å². The lowest BCUT2D eigenvalue weighted by atomic mass is 10.2. The molecule has 0 unspecified atom stereocenters. The maximum Gasteiger partial charge on any atom is 0.271 e. The number of carbonyl (C=O) groups is 1. The number of aromatic amines is 1. The summed E-state index contributed by atoms with van der Waals surface area (Å²) in [6, 6.07) is 6.81. The number of nitrogens with one attached hydrogen (secondary N) is 2. The highest BCUT2D eigenvalue weighted by Crippen LogP contribution is 2.21. The molecule has 0 atom stereocenters. The molecular weight excluding hydrogens is 333 g/mol. The van der Waals surface area contributed by atoms with Gasteiger partial charge >= 0.3 is 0 Å². The fourth-order valence-corrected chi connectivity index (χ4v) is 2.67. The third kappa shape index (κ3) is 3.33. The molecule has 8 heteroatoms. The highest BCUT2D eigenvalue weighted by Gasteiger charge is 2.17. The lowest BCUT2D eigenvalue weighted by Crippen LogP contribution is -2.25. The Morgan fingerprint density at radius 1 is 1.33 bits per heavy atom. The predicted octanol–water partition coefficient (Wildman–Crippen LogP) is 2.27. The normalized spacial score (nSPS) is 10.5. The monoisotopic (exact) mass is 345 g/mol. The molecule has 0 spiro atoms. The zero-order chi connectivity index (χ0) is 17.1. The van der Waals surface area contributed by atoms with Crippen LogP contribution in [0.1, 0.15) is 16.1 Å². The first-order valence-corrected chi connectivity index (χ1v) is 7.81. The molecule has 122 valence electrons. The molecule has 3 rings (SSSR count). The predicted molar refractivity (Wildman–Crippen MR) is 87.4 cm³/mol. The Kier molecular flexibility index (Phi) is 4.39. The third-order valence-corrected chi connectivity index (χ3v) is 4.07. The zero-order valence-corrected chi connectivity index (χ0v) is 13.1. The Morgan fingerprint density at radius 2 is 2.08 bits per heavy atom. The van der Waals surface area contributed by atoms with Gasteiger partial charge in [0.2, 0.25) is 5.43 Å². The van der Waals surface area contributed by atoms with Crippen molar-refractivity contribution in [2.24, 2.45) is 0 Å². The maximum absolute atomic E-state index is 12.9. The zero-order valence-electron chi connectivity index (χ0n) is 12.2. The number of aromatic nitrogens is 2.